The van der Waals surface area contributed by atoms with Crippen molar-refractivity contribution < 1.29 is 4.79 Å². The fraction of sp³-hybridized carbons (Fsp3) is 0.105. The SMILES string of the molecule is CN1c2ccccc2C(=O)N(Cc2ccc(Cl)cc2)c2cnc(Cl)nc21. The summed E-state index contributed by atoms with van der Waals surface area (Å²) in [5.41, 5.74) is 2.92. The number of hydrogen-bond acceptors (Lipinski definition) is 4. The van der Waals surface area contributed by atoms with E-state index in [1.54, 1.807) is 23.2 Å². The van der Waals surface area contributed by atoms with Gasteiger partial charge in [0.1, 0.15) is 5.69 Å². The molecular formula is C19H14Cl2N4O. The minimum absolute atomic E-state index is 0.118. The van der Waals surface area contributed by atoms with Gasteiger partial charge < -0.3 is 4.90 Å². The molecule has 0 saturated heterocycles. The van der Waals surface area contributed by atoms with E-state index >= 15 is 0 Å². The maximum Gasteiger partial charge on any atom is 0.260 e. The quantitative estimate of drug-likeness (QED) is 0.600. The van der Waals surface area contributed by atoms with Gasteiger partial charge in [-0.2, -0.15) is 4.98 Å². The van der Waals surface area contributed by atoms with Crippen LogP contribution in [0, 0.1) is 0 Å². The van der Waals surface area contributed by atoms with Crippen molar-refractivity contribution in [1.82, 2.24) is 9.97 Å². The van der Waals surface area contributed by atoms with Crippen LogP contribution in [0.1, 0.15) is 15.9 Å². The van der Waals surface area contributed by atoms with E-state index in [0.717, 1.165) is 11.3 Å². The Labute approximate surface area is 160 Å². The maximum atomic E-state index is 13.3. The second-order valence-electron chi connectivity index (χ2n) is 5.94. The minimum atomic E-state index is -0.118. The van der Waals surface area contributed by atoms with E-state index in [4.69, 9.17) is 23.2 Å². The molecule has 4 rings (SSSR count). The Balaban J connectivity index is 1.88. The summed E-state index contributed by atoms with van der Waals surface area (Å²) in [6.07, 6.45) is 1.58. The molecular weight excluding hydrogens is 371 g/mol. The van der Waals surface area contributed by atoms with Crippen LogP contribution in [0.15, 0.2) is 54.7 Å². The lowest BCUT2D eigenvalue weighted by Crippen LogP contribution is -2.30. The average Bonchev–Trinajstić information content (AvgIpc) is 2.74. The number of hydrogen-bond donors (Lipinski definition) is 0. The zero-order valence-electron chi connectivity index (χ0n) is 13.9. The minimum Gasteiger partial charge on any atom is -0.327 e. The molecule has 0 radical (unpaired) electrons. The van der Waals surface area contributed by atoms with Crippen molar-refractivity contribution in [3.63, 3.8) is 0 Å². The van der Waals surface area contributed by atoms with Crippen LogP contribution >= 0.6 is 23.2 Å². The number of rotatable bonds is 2. The Morgan fingerprint density at radius 3 is 2.50 bits per heavy atom. The number of benzene rings is 2. The van der Waals surface area contributed by atoms with Crippen LogP contribution < -0.4 is 9.80 Å². The highest BCUT2D eigenvalue weighted by molar-refractivity contribution is 6.30. The van der Waals surface area contributed by atoms with E-state index < -0.39 is 0 Å². The molecule has 2 heterocycles. The Hall–Kier alpha value is -2.63. The van der Waals surface area contributed by atoms with Crippen molar-refractivity contribution in [1.29, 1.82) is 0 Å². The number of nitrogens with zero attached hydrogens (tertiary/aromatic N) is 4. The molecule has 1 aliphatic rings. The van der Waals surface area contributed by atoms with Crippen LogP contribution in [0.4, 0.5) is 17.2 Å². The predicted molar refractivity (Wildman–Crippen MR) is 104 cm³/mol. The van der Waals surface area contributed by atoms with Gasteiger partial charge in [0.15, 0.2) is 5.82 Å². The van der Waals surface area contributed by atoms with Gasteiger partial charge in [0, 0.05) is 12.1 Å². The lowest BCUT2D eigenvalue weighted by atomic mass is 10.1. The van der Waals surface area contributed by atoms with Crippen molar-refractivity contribution in [3.8, 4) is 0 Å². The number of aromatic nitrogens is 2. The van der Waals surface area contributed by atoms with Crippen LogP contribution in [0.5, 0.6) is 0 Å². The largest absolute Gasteiger partial charge is 0.327 e. The first-order valence-corrected chi connectivity index (χ1v) is 8.72. The highest BCUT2D eigenvalue weighted by Gasteiger charge is 2.30. The van der Waals surface area contributed by atoms with E-state index in [2.05, 4.69) is 9.97 Å². The molecule has 0 aliphatic carbocycles. The third-order valence-corrected chi connectivity index (χ3v) is 4.76. The number of carbonyl (C=O) groups is 1. The number of fused-ring (bicyclic) bond motifs is 2. The summed E-state index contributed by atoms with van der Waals surface area (Å²) in [5.74, 6) is 0.462. The molecule has 0 saturated carbocycles. The summed E-state index contributed by atoms with van der Waals surface area (Å²) in [4.78, 5) is 25.3. The third-order valence-electron chi connectivity index (χ3n) is 4.32. The summed E-state index contributed by atoms with van der Waals surface area (Å²) >= 11 is 12.0. The second kappa shape index (κ2) is 6.59. The van der Waals surface area contributed by atoms with E-state index in [1.807, 2.05) is 48.3 Å². The Morgan fingerprint density at radius 1 is 1.00 bits per heavy atom. The van der Waals surface area contributed by atoms with Crippen molar-refractivity contribution >= 4 is 46.3 Å². The molecule has 5 nitrogen and oxygen atoms in total. The highest BCUT2D eigenvalue weighted by atomic mass is 35.5. The summed E-state index contributed by atoms with van der Waals surface area (Å²) in [6.45, 7) is 0.371. The monoisotopic (exact) mass is 384 g/mol. The molecule has 0 spiro atoms. The smallest absolute Gasteiger partial charge is 0.260 e. The van der Waals surface area contributed by atoms with Gasteiger partial charge >= 0.3 is 0 Å². The highest BCUT2D eigenvalue weighted by Crippen LogP contribution is 2.39. The predicted octanol–water partition coefficient (Wildman–Crippen LogP) is 4.71. The van der Waals surface area contributed by atoms with Gasteiger partial charge in [0.2, 0.25) is 5.28 Å². The first-order chi connectivity index (χ1) is 12.5. The summed E-state index contributed by atoms with van der Waals surface area (Å²) < 4.78 is 0. The van der Waals surface area contributed by atoms with Crippen LogP contribution in [0.3, 0.4) is 0 Å². The number of carbonyl (C=O) groups excluding carboxylic acids is 1. The Bertz CT molecular complexity index is 991. The van der Waals surface area contributed by atoms with Crippen molar-refractivity contribution in [2.24, 2.45) is 0 Å². The fourth-order valence-electron chi connectivity index (χ4n) is 3.03. The molecule has 130 valence electrons. The average molecular weight is 385 g/mol. The van der Waals surface area contributed by atoms with Crippen LogP contribution in [0.25, 0.3) is 0 Å². The van der Waals surface area contributed by atoms with Crippen molar-refractivity contribution in [2.75, 3.05) is 16.8 Å². The van der Waals surface area contributed by atoms with Gasteiger partial charge in [0.25, 0.3) is 5.91 Å². The second-order valence-corrected chi connectivity index (χ2v) is 6.72. The summed E-state index contributed by atoms with van der Waals surface area (Å²) in [7, 11) is 1.86. The number of amides is 1. The van der Waals surface area contributed by atoms with Crippen molar-refractivity contribution in [3.05, 3.63) is 76.2 Å². The normalized spacial score (nSPS) is 13.3. The Morgan fingerprint density at radius 2 is 1.73 bits per heavy atom. The first kappa shape index (κ1) is 16.8. The maximum absolute atomic E-state index is 13.3. The molecule has 0 atom stereocenters. The number of halogens is 2. The molecule has 1 aromatic heterocycles. The molecule has 1 aliphatic heterocycles. The number of anilines is 3. The van der Waals surface area contributed by atoms with Crippen LogP contribution in [-0.2, 0) is 6.54 Å². The van der Waals surface area contributed by atoms with E-state index in [-0.39, 0.29) is 11.2 Å². The first-order valence-electron chi connectivity index (χ1n) is 7.96. The molecule has 2 aromatic carbocycles. The van der Waals surface area contributed by atoms with E-state index in [9.17, 15) is 4.79 Å². The van der Waals surface area contributed by atoms with Gasteiger partial charge in [-0.05, 0) is 41.4 Å². The molecule has 0 fully saturated rings. The standard InChI is InChI=1S/C19H14Cl2N4O/c1-24-15-5-3-2-4-14(15)18(26)25(11-12-6-8-13(20)9-7-12)16-10-22-19(21)23-17(16)24/h2-10H,11H2,1H3. The van der Waals surface area contributed by atoms with Gasteiger partial charge in [0.05, 0.1) is 24.0 Å². The summed E-state index contributed by atoms with van der Waals surface area (Å²) in [6, 6.07) is 14.8. The molecule has 7 heteroatoms. The summed E-state index contributed by atoms with van der Waals surface area (Å²) in [5, 5.41) is 0.783. The lowest BCUT2D eigenvalue weighted by Gasteiger charge is -2.23. The topological polar surface area (TPSA) is 49.3 Å². The lowest BCUT2D eigenvalue weighted by molar-refractivity contribution is 0.0986. The van der Waals surface area contributed by atoms with Crippen LogP contribution in [-0.4, -0.2) is 22.9 Å². The zero-order valence-corrected chi connectivity index (χ0v) is 15.4. The van der Waals surface area contributed by atoms with Gasteiger partial charge in [-0.1, -0.05) is 35.9 Å². The molecule has 1 amide bonds. The third kappa shape index (κ3) is 2.89. The van der Waals surface area contributed by atoms with E-state index in [0.29, 0.717) is 28.6 Å². The number of para-hydroxylation sites is 1. The van der Waals surface area contributed by atoms with Gasteiger partial charge in [-0.3, -0.25) is 9.69 Å². The molecule has 3 aromatic rings. The van der Waals surface area contributed by atoms with Gasteiger partial charge in [-0.15, -0.1) is 0 Å². The van der Waals surface area contributed by atoms with E-state index in [1.165, 1.54) is 0 Å². The zero-order chi connectivity index (χ0) is 18.3. The fourth-order valence-corrected chi connectivity index (χ4v) is 3.28. The van der Waals surface area contributed by atoms with Gasteiger partial charge in [-0.25, -0.2) is 4.98 Å². The molecule has 0 N–H and O–H groups in total. The van der Waals surface area contributed by atoms with Crippen molar-refractivity contribution in [2.45, 2.75) is 6.54 Å². The molecule has 0 unspecified atom stereocenters. The molecule has 26 heavy (non-hydrogen) atoms. The van der Waals surface area contributed by atoms with Crippen LogP contribution in [0.2, 0.25) is 10.3 Å². The molecule has 0 bridgehead atoms. The Kier molecular flexibility index (Phi) is 4.26.